The van der Waals surface area contributed by atoms with E-state index in [0.29, 0.717) is 10.6 Å². The largest absolute Gasteiger partial charge is 0.490 e. The number of hydrogen-bond donors (Lipinski definition) is 3. The number of carbonyl (C=O) groups excluding carboxylic acids is 1. The molecule has 2 rings (SSSR count). The summed E-state index contributed by atoms with van der Waals surface area (Å²) in [5.41, 5.74) is 1.59. The maximum Gasteiger partial charge on any atom is 0.490 e. The van der Waals surface area contributed by atoms with Crippen LogP contribution in [0.25, 0.3) is 0 Å². The fourth-order valence-electron chi connectivity index (χ4n) is 1.62. The van der Waals surface area contributed by atoms with Gasteiger partial charge in [0.1, 0.15) is 0 Å². The lowest BCUT2D eigenvalue weighted by atomic mass is 9.79. The Hall–Kier alpha value is -1.63. The Kier molecular flexibility index (Phi) is 3.81. The van der Waals surface area contributed by atoms with Crippen molar-refractivity contribution < 1.29 is 14.8 Å². The van der Waals surface area contributed by atoms with E-state index in [0.717, 1.165) is 5.56 Å². The molecule has 0 saturated heterocycles. The van der Waals surface area contributed by atoms with Crippen LogP contribution in [-0.2, 0) is 0 Å². The molecule has 3 N–H and O–H groups in total. The van der Waals surface area contributed by atoms with Gasteiger partial charge in [0.25, 0.3) is 5.91 Å². The minimum Gasteiger partial charge on any atom is -0.423 e. The van der Waals surface area contributed by atoms with E-state index in [-0.39, 0.29) is 11.4 Å². The van der Waals surface area contributed by atoms with Crippen molar-refractivity contribution in [1.82, 2.24) is 0 Å². The quantitative estimate of drug-likeness (QED) is 0.721. The monoisotopic (exact) mass is 261 g/mol. The predicted octanol–water partition coefficient (Wildman–Crippen LogP) is 0.989. The maximum atomic E-state index is 12.0. The Balaban J connectivity index is 2.25. The van der Waals surface area contributed by atoms with Gasteiger partial charge >= 0.3 is 7.12 Å². The van der Waals surface area contributed by atoms with Gasteiger partial charge < -0.3 is 15.4 Å². The van der Waals surface area contributed by atoms with Crippen LogP contribution in [0.4, 0.5) is 5.69 Å². The number of amides is 1. The van der Waals surface area contributed by atoms with Gasteiger partial charge in [0, 0.05) is 11.2 Å². The molecule has 1 aromatic carbocycles. The molecule has 0 saturated carbocycles. The third-order valence-electron chi connectivity index (χ3n) is 2.56. The van der Waals surface area contributed by atoms with E-state index in [1.54, 1.807) is 24.3 Å². The van der Waals surface area contributed by atoms with Crippen LogP contribution in [0.5, 0.6) is 0 Å². The summed E-state index contributed by atoms with van der Waals surface area (Å²) in [7, 11) is -1.61. The number of rotatable bonds is 3. The zero-order chi connectivity index (χ0) is 13.1. The first-order valence-electron chi connectivity index (χ1n) is 5.40. The first-order valence-corrected chi connectivity index (χ1v) is 6.28. The Morgan fingerprint density at radius 2 is 2.00 bits per heavy atom. The van der Waals surface area contributed by atoms with Crippen LogP contribution >= 0.6 is 11.3 Å². The number of anilines is 1. The third-order valence-corrected chi connectivity index (χ3v) is 3.57. The number of para-hydroxylation sites is 1. The zero-order valence-electron chi connectivity index (χ0n) is 9.75. The zero-order valence-corrected chi connectivity index (χ0v) is 10.6. The molecular formula is C12H12BNO3S. The van der Waals surface area contributed by atoms with E-state index in [9.17, 15) is 14.8 Å². The lowest BCUT2D eigenvalue weighted by Crippen LogP contribution is -2.33. The van der Waals surface area contributed by atoms with Gasteiger partial charge in [0.2, 0.25) is 0 Å². The second-order valence-corrected chi connectivity index (χ2v) is 4.76. The topological polar surface area (TPSA) is 69.6 Å². The van der Waals surface area contributed by atoms with Gasteiger partial charge in [-0.25, -0.2) is 0 Å². The molecule has 6 heteroatoms. The van der Waals surface area contributed by atoms with Crippen LogP contribution in [0.2, 0.25) is 0 Å². The fraction of sp³-hybridized carbons (Fsp3) is 0.0833. The summed E-state index contributed by atoms with van der Waals surface area (Å²) in [6.45, 7) is 1.86. The van der Waals surface area contributed by atoms with Crippen molar-refractivity contribution in [1.29, 1.82) is 0 Å². The number of benzene rings is 1. The molecule has 1 heterocycles. The van der Waals surface area contributed by atoms with Crippen LogP contribution < -0.4 is 10.8 Å². The third kappa shape index (κ3) is 2.61. The average Bonchev–Trinajstić information content (AvgIpc) is 2.76. The van der Waals surface area contributed by atoms with Crippen LogP contribution in [0.1, 0.15) is 15.2 Å². The van der Waals surface area contributed by atoms with Crippen molar-refractivity contribution in [2.75, 3.05) is 5.32 Å². The smallest absolute Gasteiger partial charge is 0.423 e. The van der Waals surface area contributed by atoms with Gasteiger partial charge in [-0.2, -0.15) is 0 Å². The molecule has 0 radical (unpaired) electrons. The van der Waals surface area contributed by atoms with Crippen LogP contribution in [0.15, 0.2) is 35.7 Å². The van der Waals surface area contributed by atoms with Gasteiger partial charge in [-0.3, -0.25) is 4.79 Å². The van der Waals surface area contributed by atoms with Gasteiger partial charge in [-0.05, 0) is 30.0 Å². The van der Waals surface area contributed by atoms with Crippen LogP contribution in [-0.4, -0.2) is 23.1 Å². The molecule has 18 heavy (non-hydrogen) atoms. The summed E-state index contributed by atoms with van der Waals surface area (Å²) >= 11 is 1.35. The Bertz CT molecular complexity index is 568. The van der Waals surface area contributed by atoms with Crippen molar-refractivity contribution in [3.8, 4) is 0 Å². The minimum atomic E-state index is -1.61. The molecule has 0 bridgehead atoms. The van der Waals surface area contributed by atoms with Gasteiger partial charge in [0.15, 0.2) is 0 Å². The van der Waals surface area contributed by atoms with Crippen molar-refractivity contribution in [2.24, 2.45) is 0 Å². The Labute approximate surface area is 109 Å². The van der Waals surface area contributed by atoms with E-state index in [4.69, 9.17) is 0 Å². The van der Waals surface area contributed by atoms with Gasteiger partial charge in [-0.1, -0.05) is 18.2 Å². The summed E-state index contributed by atoms with van der Waals surface area (Å²) < 4.78 is 0. The lowest BCUT2D eigenvalue weighted by Gasteiger charge is -2.09. The van der Waals surface area contributed by atoms with Gasteiger partial charge in [-0.15, -0.1) is 11.3 Å². The summed E-state index contributed by atoms with van der Waals surface area (Å²) in [5.74, 6) is -0.240. The highest BCUT2D eigenvalue weighted by molar-refractivity contribution is 7.12. The van der Waals surface area contributed by atoms with Crippen LogP contribution in [0.3, 0.4) is 0 Å². The van der Waals surface area contributed by atoms with Crippen molar-refractivity contribution in [3.63, 3.8) is 0 Å². The highest BCUT2D eigenvalue weighted by atomic mass is 32.1. The molecule has 0 aliphatic rings. The molecule has 1 aromatic heterocycles. The fourth-order valence-corrected chi connectivity index (χ4v) is 2.44. The maximum absolute atomic E-state index is 12.0. The molecule has 0 atom stereocenters. The highest BCUT2D eigenvalue weighted by Crippen LogP contribution is 2.17. The summed E-state index contributed by atoms with van der Waals surface area (Å²) in [6, 6.07) is 8.47. The average molecular weight is 261 g/mol. The van der Waals surface area contributed by atoms with E-state index in [2.05, 4.69) is 5.32 Å². The number of carbonyl (C=O) groups is 1. The van der Waals surface area contributed by atoms with Crippen LogP contribution in [0, 0.1) is 6.92 Å². The molecule has 0 aliphatic carbocycles. The molecule has 92 valence electrons. The first-order chi connectivity index (χ1) is 8.59. The Morgan fingerprint density at radius 3 is 2.61 bits per heavy atom. The van der Waals surface area contributed by atoms with Gasteiger partial charge in [0.05, 0.1) is 4.88 Å². The lowest BCUT2D eigenvalue weighted by molar-refractivity contribution is 0.103. The molecule has 2 aromatic rings. The molecule has 0 unspecified atom stereocenters. The van der Waals surface area contributed by atoms with Crippen molar-refractivity contribution in [3.05, 3.63) is 46.2 Å². The minimum absolute atomic E-state index is 0.240. The summed E-state index contributed by atoms with van der Waals surface area (Å²) in [6.07, 6.45) is 0. The molecular weight excluding hydrogens is 249 g/mol. The van der Waals surface area contributed by atoms with Crippen molar-refractivity contribution >= 4 is 35.5 Å². The van der Waals surface area contributed by atoms with E-state index in [1.807, 2.05) is 18.4 Å². The number of hydrogen-bond acceptors (Lipinski definition) is 4. The van der Waals surface area contributed by atoms with Crippen molar-refractivity contribution in [2.45, 2.75) is 6.92 Å². The molecule has 0 spiro atoms. The summed E-state index contributed by atoms with van der Waals surface area (Å²) in [5, 5.41) is 22.9. The molecule has 0 aliphatic heterocycles. The number of aryl methyl sites for hydroxylation is 1. The second-order valence-electron chi connectivity index (χ2n) is 3.85. The first kappa shape index (κ1) is 12.8. The van der Waals surface area contributed by atoms with E-state index in [1.165, 1.54) is 11.3 Å². The second kappa shape index (κ2) is 5.35. The van der Waals surface area contributed by atoms with E-state index >= 15 is 0 Å². The highest BCUT2D eigenvalue weighted by Gasteiger charge is 2.18. The number of thiophene rings is 1. The normalized spacial score (nSPS) is 10.2. The predicted molar refractivity (Wildman–Crippen MR) is 73.3 cm³/mol. The molecule has 0 fully saturated rings. The summed E-state index contributed by atoms with van der Waals surface area (Å²) in [4.78, 5) is 12.6. The molecule has 1 amide bonds. The number of nitrogens with one attached hydrogen (secondary N) is 1. The Morgan fingerprint density at radius 1 is 1.28 bits per heavy atom. The molecule has 4 nitrogen and oxygen atoms in total. The van der Waals surface area contributed by atoms with E-state index < -0.39 is 7.12 Å². The standard InChI is InChI=1S/C12H12BNO3S/c1-8-6-7-18-11(8)12(15)14-10-5-3-2-4-9(10)13(16)17/h2-7,16-17H,1H3,(H,14,15). The SMILES string of the molecule is Cc1ccsc1C(=O)Nc1ccccc1B(O)O.